The molecule has 9 saturated carbocycles. The van der Waals surface area contributed by atoms with E-state index in [1.807, 2.05) is 0 Å². The van der Waals surface area contributed by atoms with Gasteiger partial charge in [0.1, 0.15) is 0 Å². The average molecular weight is 800 g/mol. The van der Waals surface area contributed by atoms with Crippen molar-refractivity contribution in [1.29, 1.82) is 0 Å². The average Bonchev–Trinajstić information content (AvgIpc) is 3.86. The molecule has 0 N–H and O–H groups in total. The van der Waals surface area contributed by atoms with E-state index in [4.69, 9.17) is 4.74 Å². The molecule has 11 rings (SSSR count). The van der Waals surface area contributed by atoms with Crippen molar-refractivity contribution in [2.24, 2.45) is 71.0 Å². The molecule has 0 radical (unpaired) electrons. The smallest absolute Gasteiger partial charge is 0.0652 e. The van der Waals surface area contributed by atoms with Gasteiger partial charge in [-0.1, -0.05) is 109 Å². The minimum Gasteiger partial charge on any atom is -0.374 e. The standard InChI is InChI=1S/C54H89NOS/c1-3-12-36(13-4-1)38-24-28-43(29-25-38)55(44-30-26-39(27-31-44)41-17-9-16-40(34-41)37-14-5-2-6-15-37)45-19-10-18-42(35-45)46-21-11-22-47-48-32-33-51-52(54(48)56-53(46)47)49-20-7-8-23-50(49)57-51/h36-54H,1-35H2. The molecule has 9 aliphatic carbocycles. The van der Waals surface area contributed by atoms with E-state index in [9.17, 15) is 0 Å². The topological polar surface area (TPSA) is 12.5 Å². The van der Waals surface area contributed by atoms with Crippen LogP contribution in [0.15, 0.2) is 0 Å². The highest BCUT2D eigenvalue weighted by molar-refractivity contribution is 8.00. The van der Waals surface area contributed by atoms with Crippen molar-refractivity contribution in [1.82, 2.24) is 4.90 Å². The second-order valence-electron chi connectivity index (χ2n) is 24.0. The van der Waals surface area contributed by atoms with E-state index in [0.717, 1.165) is 99.6 Å². The molecule has 13 atom stereocenters. The zero-order valence-electron chi connectivity index (χ0n) is 37.0. The molecule has 0 aromatic carbocycles. The van der Waals surface area contributed by atoms with Crippen LogP contribution in [0.3, 0.4) is 0 Å². The number of ether oxygens (including phenoxy) is 1. The number of nitrogens with zero attached hydrogens (tertiary/aromatic N) is 1. The van der Waals surface area contributed by atoms with E-state index in [2.05, 4.69) is 16.7 Å². The summed E-state index contributed by atoms with van der Waals surface area (Å²) in [5.41, 5.74) is 0. The number of hydrogen-bond donors (Lipinski definition) is 0. The van der Waals surface area contributed by atoms with Crippen molar-refractivity contribution in [2.75, 3.05) is 0 Å². The van der Waals surface area contributed by atoms with Gasteiger partial charge in [0.25, 0.3) is 0 Å². The quantitative estimate of drug-likeness (QED) is 0.255. The maximum Gasteiger partial charge on any atom is 0.0652 e. The summed E-state index contributed by atoms with van der Waals surface area (Å²) >= 11 is 2.46. The van der Waals surface area contributed by atoms with Crippen molar-refractivity contribution in [3.05, 3.63) is 0 Å². The molecule has 13 unspecified atom stereocenters. The van der Waals surface area contributed by atoms with Gasteiger partial charge < -0.3 is 4.74 Å². The summed E-state index contributed by atoms with van der Waals surface area (Å²) in [7, 11) is 0. The number of rotatable bonds is 7. The van der Waals surface area contributed by atoms with Crippen molar-refractivity contribution in [3.8, 4) is 0 Å². The van der Waals surface area contributed by atoms with Crippen molar-refractivity contribution in [3.63, 3.8) is 0 Å². The first-order chi connectivity index (χ1) is 28.2. The Balaban J connectivity index is 0.777. The van der Waals surface area contributed by atoms with Crippen LogP contribution in [-0.4, -0.2) is 45.7 Å². The third kappa shape index (κ3) is 8.19. The lowest BCUT2D eigenvalue weighted by Gasteiger charge is -2.52. The van der Waals surface area contributed by atoms with Gasteiger partial charge >= 0.3 is 0 Å². The maximum absolute atomic E-state index is 7.68. The highest BCUT2D eigenvalue weighted by Crippen LogP contribution is 2.62. The van der Waals surface area contributed by atoms with E-state index in [0.29, 0.717) is 12.2 Å². The lowest BCUT2D eigenvalue weighted by Crippen LogP contribution is -2.54. The van der Waals surface area contributed by atoms with Crippen LogP contribution >= 0.6 is 11.8 Å². The molecule has 0 aromatic rings. The van der Waals surface area contributed by atoms with Crippen LogP contribution in [0.5, 0.6) is 0 Å². The first-order valence-electron chi connectivity index (χ1n) is 27.3. The molecule has 11 aliphatic rings. The molecule has 0 amide bonds. The van der Waals surface area contributed by atoms with Crippen molar-refractivity contribution < 1.29 is 4.74 Å². The summed E-state index contributed by atoms with van der Waals surface area (Å²) in [5.74, 6) is 12.0. The zero-order chi connectivity index (χ0) is 37.7. The van der Waals surface area contributed by atoms with Crippen molar-refractivity contribution >= 4 is 11.8 Å². The maximum atomic E-state index is 7.68. The third-order valence-electron chi connectivity index (χ3n) is 21.5. The second-order valence-corrected chi connectivity index (χ2v) is 25.4. The molecule has 11 fully saturated rings. The molecule has 2 heterocycles. The first-order valence-corrected chi connectivity index (χ1v) is 28.3. The van der Waals surface area contributed by atoms with Crippen LogP contribution in [0.25, 0.3) is 0 Å². The predicted molar refractivity (Wildman–Crippen MR) is 241 cm³/mol. The SMILES string of the molecule is C1CCC(C2CCC(N(C3CCC(C4CCCC(C5CCCCC5)C4)CC3)C3CCCC(C4CCCC5C6CCC7SC8CCCCC8C7C6OC45)C3)CC2)CC1. The second kappa shape index (κ2) is 18.2. The van der Waals surface area contributed by atoms with E-state index < -0.39 is 0 Å². The van der Waals surface area contributed by atoms with Crippen LogP contribution in [0.1, 0.15) is 225 Å². The summed E-state index contributed by atoms with van der Waals surface area (Å²) < 4.78 is 7.68. The highest BCUT2D eigenvalue weighted by Gasteiger charge is 2.60. The molecule has 0 aromatic heterocycles. The Bertz CT molecular complexity index is 1270. The van der Waals surface area contributed by atoms with Gasteiger partial charge in [0, 0.05) is 34.5 Å². The molecule has 3 heteroatoms. The monoisotopic (exact) mass is 800 g/mol. The van der Waals surface area contributed by atoms with Gasteiger partial charge in [0.05, 0.1) is 12.2 Å². The van der Waals surface area contributed by atoms with E-state index in [1.165, 1.54) is 135 Å². The van der Waals surface area contributed by atoms with Crippen LogP contribution in [-0.2, 0) is 4.74 Å². The largest absolute Gasteiger partial charge is 0.374 e. The van der Waals surface area contributed by atoms with Gasteiger partial charge in [-0.05, 0) is 181 Å². The summed E-state index contributed by atoms with van der Waals surface area (Å²) in [6, 6.07) is 2.66. The highest BCUT2D eigenvalue weighted by atomic mass is 32.2. The number of fused-ring (bicyclic) bond motifs is 7. The van der Waals surface area contributed by atoms with Crippen LogP contribution in [0.4, 0.5) is 0 Å². The molecular weight excluding hydrogens is 711 g/mol. The minimum absolute atomic E-state index is 0.617. The lowest BCUT2D eigenvalue weighted by molar-refractivity contribution is -0.0806. The Hall–Kier alpha value is 0.270. The zero-order valence-corrected chi connectivity index (χ0v) is 37.8. The molecule has 0 spiro atoms. The van der Waals surface area contributed by atoms with Gasteiger partial charge in [-0.15, -0.1) is 0 Å². The number of hydrogen-bond acceptors (Lipinski definition) is 3. The molecule has 2 saturated heterocycles. The van der Waals surface area contributed by atoms with E-state index in [-0.39, 0.29) is 0 Å². The van der Waals surface area contributed by atoms with Crippen LogP contribution < -0.4 is 0 Å². The Morgan fingerprint density at radius 1 is 0.298 bits per heavy atom. The Labute approximate surface area is 356 Å². The van der Waals surface area contributed by atoms with Gasteiger partial charge in [-0.3, -0.25) is 4.90 Å². The van der Waals surface area contributed by atoms with Gasteiger partial charge in [-0.25, -0.2) is 0 Å². The van der Waals surface area contributed by atoms with Gasteiger partial charge in [0.15, 0.2) is 0 Å². The summed E-state index contributed by atoms with van der Waals surface area (Å²) in [6.45, 7) is 0. The molecule has 57 heavy (non-hydrogen) atoms. The molecule has 2 nitrogen and oxygen atoms in total. The van der Waals surface area contributed by atoms with Gasteiger partial charge in [-0.2, -0.15) is 11.8 Å². The third-order valence-corrected chi connectivity index (χ3v) is 23.3. The molecule has 322 valence electrons. The van der Waals surface area contributed by atoms with Crippen LogP contribution in [0.2, 0.25) is 0 Å². The van der Waals surface area contributed by atoms with E-state index >= 15 is 0 Å². The fraction of sp³-hybridized carbons (Fsp3) is 1.00. The summed E-state index contributed by atoms with van der Waals surface area (Å²) in [4.78, 5) is 3.39. The number of thioether (sulfide) groups is 1. The Kier molecular flexibility index (Phi) is 12.8. The van der Waals surface area contributed by atoms with Crippen molar-refractivity contribution in [2.45, 2.75) is 266 Å². The fourth-order valence-electron chi connectivity index (χ4n) is 18.9. The predicted octanol–water partition coefficient (Wildman–Crippen LogP) is 14.8. The molecular formula is C54H89NOS. The van der Waals surface area contributed by atoms with Gasteiger partial charge in [0.2, 0.25) is 0 Å². The van der Waals surface area contributed by atoms with Crippen LogP contribution in [0, 0.1) is 71.0 Å². The lowest BCUT2D eigenvalue weighted by atomic mass is 9.62. The Morgan fingerprint density at radius 2 is 0.807 bits per heavy atom. The summed E-state index contributed by atoms with van der Waals surface area (Å²) in [5, 5.41) is 1.92. The molecule has 0 bridgehead atoms. The Morgan fingerprint density at radius 3 is 1.53 bits per heavy atom. The first kappa shape index (κ1) is 40.1. The van der Waals surface area contributed by atoms with E-state index in [1.54, 1.807) is 89.9 Å². The fourth-order valence-corrected chi connectivity index (χ4v) is 21.0. The normalized spacial score (nSPS) is 50.2. The minimum atomic E-state index is 0.617. The molecule has 2 aliphatic heterocycles. The summed E-state index contributed by atoms with van der Waals surface area (Å²) in [6.07, 6.45) is 55.1.